The van der Waals surface area contributed by atoms with Crippen molar-refractivity contribution in [2.45, 2.75) is 0 Å². The lowest BCUT2D eigenvalue weighted by Gasteiger charge is -1.94. The molecule has 2 nitrogen and oxygen atoms in total. The molecule has 1 aromatic rings. The predicted octanol–water partition coefficient (Wildman–Crippen LogP) is 1.03. The second kappa shape index (κ2) is 2.44. The highest BCUT2D eigenvalue weighted by Crippen LogP contribution is 2.06. The molecule has 1 rings (SSSR count). The summed E-state index contributed by atoms with van der Waals surface area (Å²) >= 11 is 0. The average Bonchev–Trinajstić information content (AvgIpc) is 1.88. The second-order valence-electron chi connectivity index (χ2n) is 1.43. The molecule has 0 aromatic carbocycles. The van der Waals surface area contributed by atoms with Crippen LogP contribution in [0, 0.1) is 12.0 Å². The smallest absolute Gasteiger partial charge is 0.224 e. The SMILES string of the molecule is COc1[c]c(F)ncc1. The Labute approximate surface area is 52.3 Å². The molecule has 0 bridgehead atoms. The Morgan fingerprint density at radius 2 is 2.56 bits per heavy atom. The van der Waals surface area contributed by atoms with Crippen LogP contribution in [0.4, 0.5) is 4.39 Å². The number of aromatic nitrogens is 1. The lowest BCUT2D eigenvalue weighted by molar-refractivity contribution is 0.407. The Hall–Kier alpha value is -1.12. The molecule has 47 valence electrons. The van der Waals surface area contributed by atoms with Crippen molar-refractivity contribution in [1.29, 1.82) is 0 Å². The largest absolute Gasteiger partial charge is 0.496 e. The third kappa shape index (κ3) is 1.38. The van der Waals surface area contributed by atoms with Gasteiger partial charge in [0.2, 0.25) is 5.95 Å². The van der Waals surface area contributed by atoms with Gasteiger partial charge in [0, 0.05) is 6.20 Å². The molecule has 0 N–H and O–H groups in total. The fourth-order valence-corrected chi connectivity index (χ4v) is 0.465. The van der Waals surface area contributed by atoms with Crippen molar-refractivity contribution in [3.05, 3.63) is 24.3 Å². The summed E-state index contributed by atoms with van der Waals surface area (Å²) in [6.07, 6.45) is 1.32. The van der Waals surface area contributed by atoms with Crippen LogP contribution in [0.25, 0.3) is 0 Å². The summed E-state index contributed by atoms with van der Waals surface area (Å²) in [5, 5.41) is 0. The van der Waals surface area contributed by atoms with Crippen molar-refractivity contribution in [3.8, 4) is 5.75 Å². The summed E-state index contributed by atoms with van der Waals surface area (Å²) < 4.78 is 16.8. The monoisotopic (exact) mass is 126 g/mol. The molecule has 0 aliphatic rings. The zero-order valence-corrected chi connectivity index (χ0v) is 4.89. The lowest BCUT2D eigenvalue weighted by Crippen LogP contribution is -1.86. The summed E-state index contributed by atoms with van der Waals surface area (Å²) in [7, 11) is 1.45. The first-order valence-corrected chi connectivity index (χ1v) is 2.41. The van der Waals surface area contributed by atoms with Gasteiger partial charge in [0.15, 0.2) is 0 Å². The van der Waals surface area contributed by atoms with E-state index in [2.05, 4.69) is 15.8 Å². The maximum Gasteiger partial charge on any atom is 0.224 e. The fourth-order valence-electron chi connectivity index (χ4n) is 0.465. The first-order chi connectivity index (χ1) is 4.33. The van der Waals surface area contributed by atoms with Crippen LogP contribution in [0.3, 0.4) is 0 Å². The van der Waals surface area contributed by atoms with Crippen LogP contribution in [0.5, 0.6) is 5.75 Å². The Morgan fingerprint density at radius 3 is 3.00 bits per heavy atom. The Morgan fingerprint density at radius 1 is 1.78 bits per heavy atom. The van der Waals surface area contributed by atoms with Gasteiger partial charge in [-0.1, -0.05) is 0 Å². The van der Waals surface area contributed by atoms with E-state index in [-0.39, 0.29) is 0 Å². The second-order valence-corrected chi connectivity index (χ2v) is 1.43. The van der Waals surface area contributed by atoms with E-state index >= 15 is 0 Å². The van der Waals surface area contributed by atoms with Gasteiger partial charge in [-0.2, -0.15) is 4.39 Å². The van der Waals surface area contributed by atoms with E-state index in [1.54, 1.807) is 0 Å². The summed E-state index contributed by atoms with van der Waals surface area (Å²) in [5.41, 5.74) is 0. The molecule has 0 aliphatic carbocycles. The van der Waals surface area contributed by atoms with E-state index in [4.69, 9.17) is 0 Å². The van der Waals surface area contributed by atoms with Gasteiger partial charge in [-0.3, -0.25) is 0 Å². The maximum atomic E-state index is 12.1. The van der Waals surface area contributed by atoms with Gasteiger partial charge in [-0.25, -0.2) is 4.98 Å². The van der Waals surface area contributed by atoms with Crippen LogP contribution in [0.1, 0.15) is 0 Å². The minimum absolute atomic E-state index is 0.363. The van der Waals surface area contributed by atoms with Crippen molar-refractivity contribution >= 4 is 0 Å². The van der Waals surface area contributed by atoms with Crippen LogP contribution >= 0.6 is 0 Å². The number of hydrogen-bond acceptors (Lipinski definition) is 2. The molecule has 0 unspecified atom stereocenters. The van der Waals surface area contributed by atoms with E-state index in [1.165, 1.54) is 19.4 Å². The van der Waals surface area contributed by atoms with Crippen LogP contribution < -0.4 is 4.74 Å². The first kappa shape index (κ1) is 6.01. The highest BCUT2D eigenvalue weighted by Gasteiger charge is 1.92. The van der Waals surface area contributed by atoms with Gasteiger partial charge in [-0.05, 0) is 6.07 Å². The molecule has 1 radical (unpaired) electrons. The van der Waals surface area contributed by atoms with Crippen LogP contribution in [0.15, 0.2) is 12.3 Å². The molecule has 1 heterocycles. The van der Waals surface area contributed by atoms with Crippen molar-refractivity contribution in [2.24, 2.45) is 0 Å². The standard InChI is InChI=1S/C6H5FNO/c1-9-5-2-3-8-6(7)4-5/h2-3H,1H3. The van der Waals surface area contributed by atoms with Crippen molar-refractivity contribution in [1.82, 2.24) is 4.98 Å². The third-order valence-corrected chi connectivity index (χ3v) is 0.860. The van der Waals surface area contributed by atoms with E-state index < -0.39 is 5.95 Å². The molecule has 0 fully saturated rings. The highest BCUT2D eigenvalue weighted by molar-refractivity contribution is 5.15. The Kier molecular flexibility index (Phi) is 1.63. The number of halogens is 1. The maximum absolute atomic E-state index is 12.1. The van der Waals surface area contributed by atoms with Crippen molar-refractivity contribution in [2.75, 3.05) is 7.11 Å². The van der Waals surface area contributed by atoms with Crippen LogP contribution in [-0.4, -0.2) is 12.1 Å². The molecule has 1 aromatic heterocycles. The number of rotatable bonds is 1. The molecule has 0 amide bonds. The first-order valence-electron chi connectivity index (χ1n) is 2.41. The number of pyridine rings is 1. The molecule has 3 heteroatoms. The topological polar surface area (TPSA) is 22.1 Å². The van der Waals surface area contributed by atoms with Crippen LogP contribution in [-0.2, 0) is 0 Å². The molecule has 0 aliphatic heterocycles. The third-order valence-electron chi connectivity index (χ3n) is 0.860. The van der Waals surface area contributed by atoms with Gasteiger partial charge in [-0.15, -0.1) is 0 Å². The number of ether oxygens (including phenoxy) is 1. The van der Waals surface area contributed by atoms with Crippen LogP contribution in [0.2, 0.25) is 0 Å². The van der Waals surface area contributed by atoms with Gasteiger partial charge in [0.1, 0.15) is 5.75 Å². The molecule has 0 saturated carbocycles. The Bertz CT molecular complexity index is 202. The number of methoxy groups -OCH3 is 1. The molecule has 0 spiro atoms. The van der Waals surface area contributed by atoms with E-state index in [0.29, 0.717) is 5.75 Å². The lowest BCUT2D eigenvalue weighted by atomic mass is 10.4. The van der Waals surface area contributed by atoms with E-state index in [1.807, 2.05) is 0 Å². The van der Waals surface area contributed by atoms with Gasteiger partial charge in [0.25, 0.3) is 0 Å². The number of nitrogens with zero attached hydrogens (tertiary/aromatic N) is 1. The molecule has 9 heavy (non-hydrogen) atoms. The summed E-state index contributed by atoms with van der Waals surface area (Å²) in [4.78, 5) is 3.29. The summed E-state index contributed by atoms with van der Waals surface area (Å²) in [6, 6.07) is 3.79. The molecule has 0 atom stereocenters. The van der Waals surface area contributed by atoms with E-state index in [0.717, 1.165) is 0 Å². The number of hydrogen-bond donors (Lipinski definition) is 0. The normalized spacial score (nSPS) is 9.11. The summed E-state index contributed by atoms with van der Waals surface area (Å²) in [5.74, 6) is -0.281. The zero-order chi connectivity index (χ0) is 6.69. The molecular weight excluding hydrogens is 121 g/mol. The quantitative estimate of drug-likeness (QED) is 0.524. The minimum Gasteiger partial charge on any atom is -0.496 e. The average molecular weight is 126 g/mol. The molecule has 0 saturated heterocycles. The van der Waals surface area contributed by atoms with Gasteiger partial charge in [0.05, 0.1) is 13.2 Å². The molecular formula is C6H5FNO. The highest BCUT2D eigenvalue weighted by atomic mass is 19.1. The minimum atomic E-state index is -0.644. The Balaban J connectivity index is 2.94. The summed E-state index contributed by atoms with van der Waals surface area (Å²) in [6.45, 7) is 0. The van der Waals surface area contributed by atoms with Crippen molar-refractivity contribution < 1.29 is 9.13 Å². The van der Waals surface area contributed by atoms with Gasteiger partial charge < -0.3 is 4.74 Å². The zero-order valence-electron chi connectivity index (χ0n) is 4.89. The predicted molar refractivity (Wildman–Crippen MR) is 29.6 cm³/mol. The van der Waals surface area contributed by atoms with E-state index in [9.17, 15) is 4.39 Å². The fraction of sp³-hybridized carbons (Fsp3) is 0.167. The van der Waals surface area contributed by atoms with Gasteiger partial charge >= 0.3 is 0 Å². The van der Waals surface area contributed by atoms with Crippen molar-refractivity contribution in [3.63, 3.8) is 0 Å².